The average molecular weight is 178 g/mol. The van der Waals surface area contributed by atoms with E-state index in [1.165, 1.54) is 0 Å². The minimum absolute atomic E-state index is 0.0271. The van der Waals surface area contributed by atoms with E-state index in [1.54, 1.807) is 24.3 Å². The van der Waals surface area contributed by atoms with Crippen molar-refractivity contribution in [2.75, 3.05) is 0 Å². The van der Waals surface area contributed by atoms with Crippen molar-refractivity contribution in [3.63, 3.8) is 0 Å². The SMILES string of the molecule is O=CC[C@H](C(=O)O)c1ccccc1. The first-order valence-corrected chi connectivity index (χ1v) is 3.97. The van der Waals surface area contributed by atoms with E-state index in [-0.39, 0.29) is 6.42 Å². The molecule has 68 valence electrons. The zero-order chi connectivity index (χ0) is 9.68. The number of hydrogen-bond donors (Lipinski definition) is 1. The Labute approximate surface area is 76.0 Å². The summed E-state index contributed by atoms with van der Waals surface area (Å²) in [6, 6.07) is 8.75. The van der Waals surface area contributed by atoms with Crippen LogP contribution in [-0.4, -0.2) is 17.4 Å². The maximum Gasteiger partial charge on any atom is 0.311 e. The van der Waals surface area contributed by atoms with Crippen LogP contribution in [0.15, 0.2) is 30.3 Å². The molecule has 0 unspecified atom stereocenters. The second-order valence-electron chi connectivity index (χ2n) is 2.70. The summed E-state index contributed by atoms with van der Waals surface area (Å²) in [6.45, 7) is 0. The zero-order valence-corrected chi connectivity index (χ0v) is 7.01. The lowest BCUT2D eigenvalue weighted by Gasteiger charge is -2.07. The predicted molar refractivity (Wildman–Crippen MR) is 47.5 cm³/mol. The Morgan fingerprint density at radius 1 is 1.38 bits per heavy atom. The molecule has 0 radical (unpaired) electrons. The van der Waals surface area contributed by atoms with Crippen molar-refractivity contribution in [1.29, 1.82) is 0 Å². The molecule has 0 saturated carbocycles. The van der Waals surface area contributed by atoms with Crippen LogP contribution in [-0.2, 0) is 9.59 Å². The maximum atomic E-state index is 10.7. The molecule has 1 rings (SSSR count). The molecule has 1 aromatic rings. The highest BCUT2D eigenvalue weighted by Gasteiger charge is 2.18. The summed E-state index contributed by atoms with van der Waals surface area (Å²) in [5.74, 6) is -1.67. The Bertz CT molecular complexity index is 292. The largest absolute Gasteiger partial charge is 0.481 e. The third-order valence-corrected chi connectivity index (χ3v) is 1.83. The molecule has 3 heteroatoms. The zero-order valence-electron chi connectivity index (χ0n) is 7.01. The van der Waals surface area contributed by atoms with Crippen molar-refractivity contribution in [1.82, 2.24) is 0 Å². The molecule has 0 spiro atoms. The van der Waals surface area contributed by atoms with E-state index in [2.05, 4.69) is 0 Å². The van der Waals surface area contributed by atoms with Gasteiger partial charge in [0.15, 0.2) is 0 Å². The summed E-state index contributed by atoms with van der Waals surface area (Å²) < 4.78 is 0. The molecule has 1 atom stereocenters. The number of aliphatic carboxylic acids is 1. The van der Waals surface area contributed by atoms with Crippen molar-refractivity contribution < 1.29 is 14.7 Å². The normalized spacial score (nSPS) is 12.0. The highest BCUT2D eigenvalue weighted by molar-refractivity contribution is 5.79. The Hall–Kier alpha value is -1.64. The molecule has 13 heavy (non-hydrogen) atoms. The quantitative estimate of drug-likeness (QED) is 0.710. The number of carbonyl (C=O) groups is 2. The molecule has 1 N–H and O–H groups in total. The van der Waals surface area contributed by atoms with Crippen molar-refractivity contribution in [2.45, 2.75) is 12.3 Å². The monoisotopic (exact) mass is 178 g/mol. The molecule has 0 aliphatic carbocycles. The van der Waals surface area contributed by atoms with Gasteiger partial charge in [0.05, 0.1) is 5.92 Å². The van der Waals surface area contributed by atoms with Crippen LogP contribution < -0.4 is 0 Å². The first-order chi connectivity index (χ1) is 6.25. The maximum absolute atomic E-state index is 10.7. The number of rotatable bonds is 4. The fourth-order valence-corrected chi connectivity index (χ4v) is 1.16. The van der Waals surface area contributed by atoms with Crippen LogP contribution in [0.4, 0.5) is 0 Å². The van der Waals surface area contributed by atoms with Crippen LogP contribution in [0.3, 0.4) is 0 Å². The van der Waals surface area contributed by atoms with E-state index in [1.807, 2.05) is 6.07 Å². The minimum atomic E-state index is -0.960. The highest BCUT2D eigenvalue weighted by atomic mass is 16.4. The molecule has 0 bridgehead atoms. The van der Waals surface area contributed by atoms with Crippen molar-refractivity contribution in [3.8, 4) is 0 Å². The van der Waals surface area contributed by atoms with E-state index in [0.717, 1.165) is 0 Å². The molecule has 3 nitrogen and oxygen atoms in total. The van der Waals surface area contributed by atoms with E-state index in [0.29, 0.717) is 11.8 Å². The van der Waals surface area contributed by atoms with Crippen LogP contribution in [0.1, 0.15) is 17.9 Å². The molecular weight excluding hydrogens is 168 g/mol. The van der Waals surface area contributed by atoms with E-state index < -0.39 is 11.9 Å². The third-order valence-electron chi connectivity index (χ3n) is 1.83. The lowest BCUT2D eigenvalue weighted by Crippen LogP contribution is -2.11. The van der Waals surface area contributed by atoms with Gasteiger partial charge in [-0.1, -0.05) is 30.3 Å². The summed E-state index contributed by atoms with van der Waals surface area (Å²) in [5.41, 5.74) is 0.669. The first-order valence-electron chi connectivity index (χ1n) is 3.97. The molecule has 0 fully saturated rings. The lowest BCUT2D eigenvalue weighted by molar-refractivity contribution is -0.139. The third kappa shape index (κ3) is 2.40. The lowest BCUT2D eigenvalue weighted by atomic mass is 9.97. The summed E-state index contributed by atoms with van der Waals surface area (Å²) in [5, 5.41) is 8.80. The molecule has 0 heterocycles. The smallest absolute Gasteiger partial charge is 0.311 e. The number of hydrogen-bond acceptors (Lipinski definition) is 2. The van der Waals surface area contributed by atoms with Gasteiger partial charge in [-0.2, -0.15) is 0 Å². The number of carboxylic acid groups (broad SMARTS) is 1. The number of carboxylic acids is 1. The van der Waals surface area contributed by atoms with Crippen LogP contribution in [0, 0.1) is 0 Å². The fourth-order valence-electron chi connectivity index (χ4n) is 1.16. The first kappa shape index (κ1) is 9.45. The number of aldehydes is 1. The molecule has 1 aromatic carbocycles. The molecule has 0 amide bonds. The van der Waals surface area contributed by atoms with Crippen molar-refractivity contribution >= 4 is 12.3 Å². The fraction of sp³-hybridized carbons (Fsp3) is 0.200. The van der Waals surface area contributed by atoms with E-state index >= 15 is 0 Å². The van der Waals surface area contributed by atoms with Gasteiger partial charge in [-0.3, -0.25) is 4.79 Å². The Morgan fingerprint density at radius 3 is 2.46 bits per heavy atom. The number of carbonyl (C=O) groups excluding carboxylic acids is 1. The Balaban J connectivity index is 2.88. The summed E-state index contributed by atoms with van der Waals surface area (Å²) in [7, 11) is 0. The van der Waals surface area contributed by atoms with Gasteiger partial charge in [0.25, 0.3) is 0 Å². The van der Waals surface area contributed by atoms with Crippen LogP contribution in [0.2, 0.25) is 0 Å². The Morgan fingerprint density at radius 2 is 2.00 bits per heavy atom. The van der Waals surface area contributed by atoms with E-state index in [4.69, 9.17) is 5.11 Å². The van der Waals surface area contributed by atoms with Crippen LogP contribution in [0.5, 0.6) is 0 Å². The predicted octanol–water partition coefficient (Wildman–Crippen LogP) is 1.44. The molecule has 0 saturated heterocycles. The second-order valence-corrected chi connectivity index (χ2v) is 2.70. The Kier molecular flexibility index (Phi) is 3.20. The topological polar surface area (TPSA) is 54.4 Å². The van der Waals surface area contributed by atoms with Gasteiger partial charge in [0.1, 0.15) is 6.29 Å². The van der Waals surface area contributed by atoms with E-state index in [9.17, 15) is 9.59 Å². The standard InChI is InChI=1S/C10H10O3/c11-7-6-9(10(12)13)8-4-2-1-3-5-8/h1-5,7,9H,6H2,(H,12,13)/t9-/m0/s1. The molecular formula is C10H10O3. The number of benzene rings is 1. The van der Waals surface area contributed by atoms with Crippen molar-refractivity contribution in [3.05, 3.63) is 35.9 Å². The molecule has 0 aliphatic rings. The molecule has 0 aromatic heterocycles. The van der Waals surface area contributed by atoms with Gasteiger partial charge < -0.3 is 9.90 Å². The minimum Gasteiger partial charge on any atom is -0.481 e. The summed E-state index contributed by atoms with van der Waals surface area (Å²) in [6.07, 6.45) is 0.658. The van der Waals surface area contributed by atoms with Gasteiger partial charge >= 0.3 is 5.97 Å². The van der Waals surface area contributed by atoms with Crippen LogP contribution in [0.25, 0.3) is 0 Å². The second kappa shape index (κ2) is 4.40. The van der Waals surface area contributed by atoms with Crippen molar-refractivity contribution in [2.24, 2.45) is 0 Å². The van der Waals surface area contributed by atoms with Gasteiger partial charge in [-0.25, -0.2) is 0 Å². The van der Waals surface area contributed by atoms with Gasteiger partial charge in [0.2, 0.25) is 0 Å². The van der Waals surface area contributed by atoms with Gasteiger partial charge in [0, 0.05) is 6.42 Å². The molecule has 0 aliphatic heterocycles. The average Bonchev–Trinajstić information content (AvgIpc) is 2.15. The summed E-state index contributed by atoms with van der Waals surface area (Å²) >= 11 is 0. The summed E-state index contributed by atoms with van der Waals surface area (Å²) in [4.78, 5) is 21.0. The van der Waals surface area contributed by atoms with Gasteiger partial charge in [-0.05, 0) is 5.56 Å². The highest BCUT2D eigenvalue weighted by Crippen LogP contribution is 2.17. The van der Waals surface area contributed by atoms with Gasteiger partial charge in [-0.15, -0.1) is 0 Å². The van der Waals surface area contributed by atoms with Crippen LogP contribution >= 0.6 is 0 Å².